The lowest BCUT2D eigenvalue weighted by Gasteiger charge is -2.31. The minimum atomic E-state index is -7.12. The van der Waals surface area contributed by atoms with Crippen molar-refractivity contribution in [2.45, 2.75) is 115 Å². The SMILES string of the molecule is CC(C)(C)c1ccc([S+](c2ccc(C(C)(C)C)cc2)c2ccc(C(C)(C)C)cc2)cc1.O=S(=O)([O-])C(F)(F)C(F)(F)OC(F)(F)C(F)(F)I. The molecule has 0 aliphatic heterocycles. The predicted molar refractivity (Wildman–Crippen MR) is 182 cm³/mol. The van der Waals surface area contributed by atoms with Gasteiger partial charge >= 0.3 is 21.4 Å². The second kappa shape index (κ2) is 14.6. The van der Waals surface area contributed by atoms with Gasteiger partial charge in [-0.2, -0.15) is 35.1 Å². The van der Waals surface area contributed by atoms with Crippen molar-refractivity contribution in [2.24, 2.45) is 0 Å². The second-order valence-corrected chi connectivity index (χ2v) is 19.0. The molecule has 4 nitrogen and oxygen atoms in total. The third kappa shape index (κ3) is 10.8. The van der Waals surface area contributed by atoms with Crippen molar-refractivity contribution < 1.29 is 52.8 Å². The van der Waals surface area contributed by atoms with Crippen LogP contribution in [0.3, 0.4) is 0 Å². The van der Waals surface area contributed by atoms with Crippen LogP contribution >= 0.6 is 22.6 Å². The highest BCUT2D eigenvalue weighted by Gasteiger charge is 2.71. The first kappa shape index (κ1) is 43.2. The first-order chi connectivity index (χ1) is 21.7. The number of ether oxygens (including phenoxy) is 1. The quantitative estimate of drug-likeness (QED) is 0.0744. The molecule has 3 rings (SSSR count). The van der Waals surface area contributed by atoms with Gasteiger partial charge in [-0.3, -0.25) is 0 Å². The Bertz CT molecular complexity index is 1520. The highest BCUT2D eigenvalue weighted by Crippen LogP contribution is 2.48. The van der Waals surface area contributed by atoms with Gasteiger partial charge in [0.1, 0.15) is 0 Å². The molecule has 0 spiro atoms. The molecule has 0 bridgehead atoms. The molecule has 0 N–H and O–H groups in total. The van der Waals surface area contributed by atoms with Crippen LogP contribution in [0.25, 0.3) is 0 Å². The average molecular weight is 855 g/mol. The minimum absolute atomic E-state index is 0.120. The fraction of sp³-hybridized carbons (Fsp3) is 0.471. The summed E-state index contributed by atoms with van der Waals surface area (Å²) in [5.74, 6) is 0. The molecule has 0 heterocycles. The van der Waals surface area contributed by atoms with E-state index in [2.05, 4.69) is 135 Å². The maximum Gasteiger partial charge on any atom is 0.438 e. The molecule has 3 aromatic carbocycles. The van der Waals surface area contributed by atoms with Crippen LogP contribution in [0, 0.1) is 0 Å². The molecule has 0 atom stereocenters. The Morgan fingerprint density at radius 1 is 0.531 bits per heavy atom. The molecule has 0 amide bonds. The number of alkyl halides is 9. The van der Waals surface area contributed by atoms with Gasteiger partial charge in [0, 0.05) is 22.6 Å². The Morgan fingerprint density at radius 2 is 0.776 bits per heavy atom. The van der Waals surface area contributed by atoms with E-state index >= 15 is 0 Å². The molecular weight excluding hydrogens is 815 g/mol. The van der Waals surface area contributed by atoms with E-state index in [1.54, 1.807) is 0 Å². The molecule has 0 saturated carbocycles. The van der Waals surface area contributed by atoms with Gasteiger partial charge in [0.05, 0.1) is 10.9 Å². The molecule has 0 aromatic heterocycles. The van der Waals surface area contributed by atoms with Gasteiger partial charge in [0.2, 0.25) is 0 Å². The van der Waals surface area contributed by atoms with Crippen LogP contribution in [-0.4, -0.2) is 34.4 Å². The predicted octanol–water partition coefficient (Wildman–Crippen LogP) is 11.0. The maximum atomic E-state index is 12.4. The number of hydrogen-bond donors (Lipinski definition) is 0. The summed E-state index contributed by atoms with van der Waals surface area (Å²) < 4.78 is 123. The molecule has 15 heteroatoms. The third-order valence-electron chi connectivity index (χ3n) is 7.11. The van der Waals surface area contributed by atoms with Gasteiger partial charge in [-0.1, -0.05) is 98.7 Å². The Balaban J connectivity index is 0.000000397. The Hall–Kier alpha value is -1.95. The summed E-state index contributed by atoms with van der Waals surface area (Å²) in [6, 6.07) is 27.8. The topological polar surface area (TPSA) is 66.4 Å². The molecule has 0 unspecified atom stereocenters. The van der Waals surface area contributed by atoms with Crippen LogP contribution < -0.4 is 0 Å². The third-order valence-corrected chi connectivity index (χ3v) is 10.8. The number of halogens is 9. The maximum absolute atomic E-state index is 12.4. The summed E-state index contributed by atoms with van der Waals surface area (Å²) in [7, 11) is -7.24. The fourth-order valence-electron chi connectivity index (χ4n) is 4.11. The highest BCUT2D eigenvalue weighted by molar-refractivity contribution is 14.1. The first-order valence-corrected chi connectivity index (χ1v) is 18.4. The molecule has 0 aliphatic rings. The molecule has 49 heavy (non-hydrogen) atoms. The van der Waals surface area contributed by atoms with E-state index in [1.807, 2.05) is 4.74 Å². The zero-order valence-corrected chi connectivity index (χ0v) is 32.1. The van der Waals surface area contributed by atoms with Crippen molar-refractivity contribution >= 4 is 43.6 Å². The van der Waals surface area contributed by atoms with Gasteiger partial charge in [0.15, 0.2) is 24.8 Å². The molecule has 0 aliphatic carbocycles. The van der Waals surface area contributed by atoms with Crippen molar-refractivity contribution in [3.8, 4) is 0 Å². The minimum Gasteiger partial charge on any atom is -0.743 e. The van der Waals surface area contributed by atoms with Crippen molar-refractivity contribution in [1.82, 2.24) is 0 Å². The summed E-state index contributed by atoms with van der Waals surface area (Å²) in [5, 5.41) is -6.65. The lowest BCUT2D eigenvalue weighted by molar-refractivity contribution is -0.438. The Kier molecular flexibility index (Phi) is 12.9. The van der Waals surface area contributed by atoms with E-state index < -0.39 is 54.1 Å². The van der Waals surface area contributed by atoms with E-state index in [-0.39, 0.29) is 27.1 Å². The molecule has 274 valence electrons. The smallest absolute Gasteiger partial charge is 0.438 e. The summed E-state index contributed by atoms with van der Waals surface area (Å²) in [6.45, 7) is 20.5. The molecule has 0 fully saturated rings. The van der Waals surface area contributed by atoms with E-state index in [4.69, 9.17) is 0 Å². The van der Waals surface area contributed by atoms with Crippen molar-refractivity contribution in [3.05, 3.63) is 89.5 Å². The molecule has 0 saturated heterocycles. The molecular formula is C34H39F8IO4S2. The second-order valence-electron chi connectivity index (χ2n) is 14.2. The van der Waals surface area contributed by atoms with Crippen LogP contribution in [0.4, 0.5) is 35.1 Å². The summed E-state index contributed by atoms with van der Waals surface area (Å²) in [4.78, 5) is 4.13. The largest absolute Gasteiger partial charge is 0.743 e. The molecule has 3 aromatic rings. The summed E-state index contributed by atoms with van der Waals surface area (Å²) in [6.07, 6.45) is -12.8. The molecule has 0 radical (unpaired) electrons. The first-order valence-electron chi connectivity index (χ1n) is 14.6. The number of rotatable bonds is 8. The lowest BCUT2D eigenvalue weighted by atomic mass is 9.87. The number of hydrogen-bond acceptors (Lipinski definition) is 4. The fourth-order valence-corrected chi connectivity index (χ4v) is 6.59. The lowest BCUT2D eigenvalue weighted by Crippen LogP contribution is -2.54. The van der Waals surface area contributed by atoms with Gasteiger partial charge in [0.25, 0.3) is 0 Å². The van der Waals surface area contributed by atoms with Gasteiger partial charge in [-0.15, -0.1) is 0 Å². The van der Waals surface area contributed by atoms with Crippen molar-refractivity contribution in [2.75, 3.05) is 0 Å². The zero-order valence-electron chi connectivity index (χ0n) is 28.3. The summed E-state index contributed by atoms with van der Waals surface area (Å²) >= 11 is -0.406. The summed E-state index contributed by atoms with van der Waals surface area (Å²) in [5.41, 5.74) is 4.64. The van der Waals surface area contributed by atoms with Crippen LogP contribution in [0.15, 0.2) is 87.5 Å². The average Bonchev–Trinajstić information content (AvgIpc) is 2.91. The standard InChI is InChI=1S/C30H39S.C4HF8IO4S/c1-28(2,3)22-10-16-25(17-11-22)31(26-18-12-23(13-19-26)29(4,5)6)27-20-14-24(15-21-27)30(7,8)9;5-1(6,13)2(7,8)17-3(9,10)4(11,12)18(14,15)16/h10-21H,1-9H3;(H,14,15,16)/q+1;/p-1. The monoisotopic (exact) mass is 854 g/mol. The van der Waals surface area contributed by atoms with Crippen molar-refractivity contribution in [1.29, 1.82) is 0 Å². The Labute approximate surface area is 299 Å². The van der Waals surface area contributed by atoms with E-state index in [0.29, 0.717) is 0 Å². The van der Waals surface area contributed by atoms with Gasteiger partial charge in [-0.25, -0.2) is 13.2 Å². The van der Waals surface area contributed by atoms with Gasteiger partial charge < -0.3 is 4.55 Å². The zero-order chi connectivity index (χ0) is 38.2. The van der Waals surface area contributed by atoms with Crippen LogP contribution in [-0.2, 0) is 42.0 Å². The van der Waals surface area contributed by atoms with Crippen molar-refractivity contribution in [3.63, 3.8) is 0 Å². The Morgan fingerprint density at radius 3 is 0.959 bits per heavy atom. The highest BCUT2D eigenvalue weighted by atomic mass is 127. The van der Waals surface area contributed by atoms with E-state index in [0.717, 1.165) is 0 Å². The normalized spacial score (nSPS) is 14.0. The van der Waals surface area contributed by atoms with E-state index in [1.165, 1.54) is 31.4 Å². The number of benzene rings is 3. The van der Waals surface area contributed by atoms with Crippen LogP contribution in [0.1, 0.15) is 79.0 Å². The van der Waals surface area contributed by atoms with Gasteiger partial charge in [-0.05, 0) is 69.3 Å². The van der Waals surface area contributed by atoms with E-state index in [9.17, 15) is 48.1 Å². The van der Waals surface area contributed by atoms with Crippen LogP contribution in [0.2, 0.25) is 0 Å². The van der Waals surface area contributed by atoms with Crippen LogP contribution in [0.5, 0.6) is 0 Å².